The largest absolute Gasteiger partial charge is 0.360 e. The molecule has 9 nitrogen and oxygen atoms in total. The number of hydrogen-bond acceptors (Lipinski definition) is 6. The Bertz CT molecular complexity index is 986. The van der Waals surface area contributed by atoms with Crippen molar-refractivity contribution in [1.82, 2.24) is 19.9 Å². The van der Waals surface area contributed by atoms with Gasteiger partial charge in [-0.25, -0.2) is 8.42 Å². The summed E-state index contributed by atoms with van der Waals surface area (Å²) in [6.07, 6.45) is 2.76. The highest BCUT2D eigenvalue weighted by Gasteiger charge is 2.34. The third-order valence-electron chi connectivity index (χ3n) is 4.42. The van der Waals surface area contributed by atoms with Crippen molar-refractivity contribution in [2.45, 2.75) is 24.1 Å². The highest BCUT2D eigenvalue weighted by molar-refractivity contribution is 7.89. The Balaban J connectivity index is 1.59. The summed E-state index contributed by atoms with van der Waals surface area (Å²) in [5.41, 5.74) is 0.794. The Morgan fingerprint density at radius 2 is 1.77 bits per heavy atom. The molecule has 2 aromatic rings. The molecule has 1 aromatic heterocycles. The average molecular weight is 453 g/mol. The molecule has 11 heteroatoms. The van der Waals surface area contributed by atoms with Gasteiger partial charge in [0.2, 0.25) is 10.0 Å². The number of rotatable bonds is 6. The van der Waals surface area contributed by atoms with Crippen LogP contribution in [-0.4, -0.2) is 55.4 Å². The standard InChI is InChI=1S/C19H21ClN4O5S/c20-15-2-4-16(5-3-15)30(27,28)24-10-1-11-29-17(24)13-23-19(26)18(25)22-12-14-6-8-21-9-7-14/h2-9,17H,1,10-13H2,(H,22,25)(H,23,26). The number of carbonyl (C=O) groups is 2. The Morgan fingerprint density at radius 1 is 1.10 bits per heavy atom. The molecule has 160 valence electrons. The summed E-state index contributed by atoms with van der Waals surface area (Å²) in [7, 11) is -3.85. The molecule has 1 fully saturated rings. The van der Waals surface area contributed by atoms with Gasteiger partial charge in [-0.2, -0.15) is 4.31 Å². The molecule has 2 amide bonds. The van der Waals surface area contributed by atoms with E-state index in [1.807, 2.05) is 0 Å². The maximum Gasteiger partial charge on any atom is 0.309 e. The summed E-state index contributed by atoms with van der Waals surface area (Å²) in [5, 5.41) is 5.35. The lowest BCUT2D eigenvalue weighted by Gasteiger charge is -2.34. The zero-order valence-corrected chi connectivity index (χ0v) is 17.5. The van der Waals surface area contributed by atoms with Crippen molar-refractivity contribution in [3.8, 4) is 0 Å². The predicted molar refractivity (Wildman–Crippen MR) is 109 cm³/mol. The van der Waals surface area contributed by atoms with E-state index < -0.39 is 28.1 Å². The molecule has 0 saturated carbocycles. The van der Waals surface area contributed by atoms with Crippen LogP contribution in [0.15, 0.2) is 53.7 Å². The number of pyridine rings is 1. The lowest BCUT2D eigenvalue weighted by molar-refractivity contribution is -0.140. The summed E-state index contributed by atoms with van der Waals surface area (Å²) >= 11 is 5.83. The maximum absolute atomic E-state index is 13.0. The van der Waals surface area contributed by atoms with Gasteiger partial charge in [0.1, 0.15) is 6.23 Å². The van der Waals surface area contributed by atoms with Gasteiger partial charge >= 0.3 is 11.8 Å². The quantitative estimate of drug-likeness (QED) is 0.629. The van der Waals surface area contributed by atoms with Crippen LogP contribution >= 0.6 is 11.6 Å². The molecule has 0 spiro atoms. The third kappa shape index (κ3) is 5.54. The van der Waals surface area contributed by atoms with Crippen LogP contribution in [0.3, 0.4) is 0 Å². The molecule has 0 radical (unpaired) electrons. The van der Waals surface area contributed by atoms with Crippen molar-refractivity contribution in [2.75, 3.05) is 19.7 Å². The van der Waals surface area contributed by atoms with Gasteiger partial charge in [0.15, 0.2) is 0 Å². The fraction of sp³-hybridized carbons (Fsp3) is 0.316. The van der Waals surface area contributed by atoms with Gasteiger partial charge in [-0.15, -0.1) is 0 Å². The minimum absolute atomic E-state index is 0.0730. The van der Waals surface area contributed by atoms with Crippen LogP contribution in [0.1, 0.15) is 12.0 Å². The second kappa shape index (κ2) is 9.98. The lowest BCUT2D eigenvalue weighted by Crippen LogP contribution is -2.53. The first-order valence-corrected chi connectivity index (χ1v) is 11.0. The van der Waals surface area contributed by atoms with Crippen LogP contribution in [0.5, 0.6) is 0 Å². The molecule has 2 N–H and O–H groups in total. The second-order valence-electron chi connectivity index (χ2n) is 6.50. The van der Waals surface area contributed by atoms with Gasteiger partial charge in [-0.05, 0) is 48.4 Å². The number of hydrogen-bond donors (Lipinski definition) is 2. The van der Waals surface area contributed by atoms with Crippen molar-refractivity contribution in [1.29, 1.82) is 0 Å². The van der Waals surface area contributed by atoms with E-state index in [2.05, 4.69) is 15.6 Å². The van der Waals surface area contributed by atoms with Crippen molar-refractivity contribution in [2.24, 2.45) is 0 Å². The summed E-state index contributed by atoms with van der Waals surface area (Å²) in [6, 6.07) is 9.23. The van der Waals surface area contributed by atoms with Gasteiger partial charge in [0.05, 0.1) is 18.0 Å². The van der Waals surface area contributed by atoms with E-state index in [1.165, 1.54) is 28.6 Å². The number of halogens is 1. The van der Waals surface area contributed by atoms with Crippen molar-refractivity contribution >= 4 is 33.4 Å². The first-order chi connectivity index (χ1) is 14.4. The number of carbonyl (C=O) groups excluding carboxylic acids is 2. The van der Waals surface area contributed by atoms with Gasteiger partial charge < -0.3 is 15.4 Å². The minimum atomic E-state index is -3.85. The Labute approximate surface area is 179 Å². The van der Waals surface area contributed by atoms with E-state index in [1.54, 1.807) is 24.5 Å². The summed E-state index contributed by atoms with van der Waals surface area (Å²) < 4.78 is 32.6. The Kier molecular flexibility index (Phi) is 7.38. The molecule has 0 aliphatic carbocycles. The van der Waals surface area contributed by atoms with Crippen LogP contribution in [-0.2, 0) is 30.9 Å². The molecule has 1 unspecified atom stereocenters. The number of sulfonamides is 1. The third-order valence-corrected chi connectivity index (χ3v) is 6.58. The molecular formula is C19H21ClN4O5S. The number of aromatic nitrogens is 1. The van der Waals surface area contributed by atoms with E-state index in [0.717, 1.165) is 5.56 Å². The highest BCUT2D eigenvalue weighted by atomic mass is 35.5. The molecule has 1 saturated heterocycles. The normalized spacial score (nSPS) is 17.3. The van der Waals surface area contributed by atoms with E-state index in [9.17, 15) is 18.0 Å². The van der Waals surface area contributed by atoms with Gasteiger partial charge in [0, 0.05) is 30.5 Å². The van der Waals surface area contributed by atoms with Crippen molar-refractivity contribution in [3.63, 3.8) is 0 Å². The summed E-state index contributed by atoms with van der Waals surface area (Å²) in [4.78, 5) is 28.0. The second-order valence-corrected chi connectivity index (χ2v) is 8.82. The molecule has 1 aliphatic heterocycles. The Hall–Kier alpha value is -2.53. The van der Waals surface area contributed by atoms with E-state index in [0.29, 0.717) is 18.1 Å². The molecule has 30 heavy (non-hydrogen) atoms. The van der Waals surface area contributed by atoms with Crippen LogP contribution in [0.4, 0.5) is 0 Å². The van der Waals surface area contributed by atoms with E-state index in [4.69, 9.17) is 16.3 Å². The zero-order chi connectivity index (χ0) is 21.6. The monoisotopic (exact) mass is 452 g/mol. The molecular weight excluding hydrogens is 432 g/mol. The van der Waals surface area contributed by atoms with E-state index >= 15 is 0 Å². The van der Waals surface area contributed by atoms with Crippen LogP contribution in [0.2, 0.25) is 5.02 Å². The number of ether oxygens (including phenoxy) is 1. The van der Waals surface area contributed by atoms with Crippen molar-refractivity contribution < 1.29 is 22.7 Å². The van der Waals surface area contributed by atoms with Crippen molar-refractivity contribution in [3.05, 3.63) is 59.4 Å². The fourth-order valence-electron chi connectivity index (χ4n) is 2.87. The van der Waals surface area contributed by atoms with Crippen LogP contribution in [0.25, 0.3) is 0 Å². The number of benzene rings is 1. The Morgan fingerprint density at radius 3 is 2.47 bits per heavy atom. The lowest BCUT2D eigenvalue weighted by atomic mass is 10.3. The first kappa shape index (κ1) is 22.2. The summed E-state index contributed by atoms with van der Waals surface area (Å²) in [5.74, 6) is -1.70. The predicted octanol–water partition coefficient (Wildman–Crippen LogP) is 0.905. The minimum Gasteiger partial charge on any atom is -0.360 e. The highest BCUT2D eigenvalue weighted by Crippen LogP contribution is 2.23. The molecule has 2 heterocycles. The van der Waals surface area contributed by atoms with Gasteiger partial charge in [0.25, 0.3) is 0 Å². The van der Waals surface area contributed by atoms with Crippen LogP contribution in [0, 0.1) is 0 Å². The fourth-order valence-corrected chi connectivity index (χ4v) is 4.56. The zero-order valence-electron chi connectivity index (χ0n) is 16.0. The van der Waals surface area contributed by atoms with Crippen LogP contribution < -0.4 is 10.6 Å². The average Bonchev–Trinajstić information content (AvgIpc) is 2.77. The van der Waals surface area contributed by atoms with Gasteiger partial charge in [-0.3, -0.25) is 14.6 Å². The topological polar surface area (TPSA) is 118 Å². The SMILES string of the molecule is O=C(NCc1ccncc1)C(=O)NCC1OCCCN1S(=O)(=O)c1ccc(Cl)cc1. The number of amides is 2. The first-order valence-electron chi connectivity index (χ1n) is 9.22. The molecule has 1 atom stereocenters. The van der Waals surface area contributed by atoms with Gasteiger partial charge in [-0.1, -0.05) is 11.6 Å². The molecule has 3 rings (SSSR count). The smallest absolute Gasteiger partial charge is 0.309 e. The number of nitrogens with one attached hydrogen (secondary N) is 2. The molecule has 1 aromatic carbocycles. The van der Waals surface area contributed by atoms with E-state index in [-0.39, 0.29) is 24.5 Å². The maximum atomic E-state index is 13.0. The summed E-state index contributed by atoms with van der Waals surface area (Å²) in [6.45, 7) is 0.598. The number of nitrogens with zero attached hydrogens (tertiary/aromatic N) is 2. The molecule has 1 aliphatic rings. The molecule has 0 bridgehead atoms.